The largest absolute Gasteiger partial charge is 0.339 e. The average Bonchev–Trinajstić information content (AvgIpc) is 1.81. The van der Waals surface area contributed by atoms with Gasteiger partial charge in [-0.3, -0.25) is 0 Å². The van der Waals surface area contributed by atoms with Crippen molar-refractivity contribution in [3.8, 4) is 0 Å². The Morgan fingerprint density at radius 3 is 1.17 bits per heavy atom. The summed E-state index contributed by atoms with van der Waals surface area (Å²) in [5.74, 6) is 0. The van der Waals surface area contributed by atoms with Gasteiger partial charge in [-0.2, -0.15) is 0 Å². The Morgan fingerprint density at radius 2 is 1.17 bits per heavy atom. The summed E-state index contributed by atoms with van der Waals surface area (Å²) in [6, 6.07) is 0. The molecule has 0 amide bonds. The van der Waals surface area contributed by atoms with Crippen molar-refractivity contribution in [2.24, 2.45) is 0 Å². The molecular weight excluding hydrogens is 203 g/mol. The molecule has 0 fully saturated rings. The molecule has 0 saturated heterocycles. The van der Waals surface area contributed by atoms with Crippen molar-refractivity contribution in [3.63, 3.8) is 0 Å². The predicted octanol–water partition coefficient (Wildman–Crippen LogP) is 3.58. The second kappa shape index (κ2) is 3.41. The smallest absolute Gasteiger partial charge is 0.154 e. The molecule has 0 rings (SSSR count). The van der Waals surface area contributed by atoms with E-state index in [4.69, 9.17) is 4.52 Å². The lowest BCUT2D eigenvalue weighted by atomic mass is 11.8. The van der Waals surface area contributed by atoms with Gasteiger partial charge in [0.05, 0.1) is 0 Å². The molecule has 0 aromatic rings. The van der Waals surface area contributed by atoms with E-state index in [0.29, 0.717) is 0 Å². The van der Waals surface area contributed by atoms with Gasteiger partial charge >= 0.3 is 0 Å². The molecule has 0 heterocycles. The minimum atomic E-state index is -2.29. The molecule has 0 atom stereocenters. The van der Waals surface area contributed by atoms with E-state index in [9.17, 15) is 4.57 Å². The molecule has 74 valence electrons. The molecule has 12 heavy (non-hydrogen) atoms. The van der Waals surface area contributed by atoms with Gasteiger partial charge in [0.15, 0.2) is 6.46 Å². The highest BCUT2D eigenvalue weighted by molar-refractivity contribution is 8.19. The second-order valence-corrected chi connectivity index (χ2v) is 28.2. The van der Waals surface area contributed by atoms with E-state index in [1.165, 1.54) is 0 Å². The Kier molecular flexibility index (Phi) is 3.58. The second-order valence-electron chi connectivity index (χ2n) is 5.08. The van der Waals surface area contributed by atoms with Gasteiger partial charge in [-0.05, 0) is 0 Å². The summed E-state index contributed by atoms with van der Waals surface area (Å²) in [5, 5.41) is 0. The van der Waals surface area contributed by atoms with E-state index in [0.717, 1.165) is 0 Å². The van der Waals surface area contributed by atoms with Crippen molar-refractivity contribution < 1.29 is 9.09 Å². The van der Waals surface area contributed by atoms with Crippen LogP contribution in [0, 0.1) is 0 Å². The van der Waals surface area contributed by atoms with Crippen LogP contribution in [0.15, 0.2) is 0 Å². The van der Waals surface area contributed by atoms with Crippen molar-refractivity contribution >= 4 is 21.9 Å². The standard InChI is InChI=1S/C7H21O2PSi2/c1-9-10(8,11(2,3)4)12(5,6)7/h1-7H3. The molecule has 0 aliphatic rings. The summed E-state index contributed by atoms with van der Waals surface area (Å²) >= 11 is 0. The zero-order chi connectivity index (χ0) is 10.2. The highest BCUT2D eigenvalue weighted by atomic mass is 31.7. The Bertz CT molecular complexity index is 184. The summed E-state index contributed by atoms with van der Waals surface area (Å²) in [4.78, 5) is 0. The fraction of sp³-hybridized carbons (Fsp3) is 1.00. The SMILES string of the molecule is COP(=O)([Si](C)(C)C)[Si](C)(C)C. The molecule has 0 bridgehead atoms. The molecule has 0 spiro atoms. The summed E-state index contributed by atoms with van der Waals surface area (Å²) in [7, 11) is -1.69. The van der Waals surface area contributed by atoms with Gasteiger partial charge in [-0.15, -0.1) is 0 Å². The lowest BCUT2D eigenvalue weighted by Crippen LogP contribution is -2.36. The molecule has 2 nitrogen and oxygen atoms in total. The third kappa shape index (κ3) is 2.10. The first kappa shape index (κ1) is 12.6. The lowest BCUT2D eigenvalue weighted by Gasteiger charge is -2.36. The van der Waals surface area contributed by atoms with E-state index < -0.39 is 21.9 Å². The van der Waals surface area contributed by atoms with Crippen LogP contribution in [-0.2, 0) is 9.09 Å². The van der Waals surface area contributed by atoms with Gasteiger partial charge in [-0.25, -0.2) is 0 Å². The first-order chi connectivity index (χ1) is 5.06. The molecule has 0 aromatic carbocycles. The Labute approximate surface area is 77.9 Å². The van der Waals surface area contributed by atoms with Crippen LogP contribution >= 0.6 is 6.46 Å². The molecule has 0 aliphatic heterocycles. The predicted molar refractivity (Wildman–Crippen MR) is 61.3 cm³/mol. The van der Waals surface area contributed by atoms with Crippen molar-refractivity contribution in [1.82, 2.24) is 0 Å². The fourth-order valence-electron chi connectivity index (χ4n) is 1.55. The summed E-state index contributed by atoms with van der Waals surface area (Å²) in [6.07, 6.45) is 0. The van der Waals surface area contributed by atoms with Crippen LogP contribution in [0.1, 0.15) is 0 Å². The first-order valence-corrected chi connectivity index (χ1v) is 14.5. The highest BCUT2D eigenvalue weighted by Gasteiger charge is 2.49. The van der Waals surface area contributed by atoms with Gasteiger partial charge in [0, 0.05) is 7.11 Å². The van der Waals surface area contributed by atoms with Gasteiger partial charge in [0.2, 0.25) is 0 Å². The minimum Gasteiger partial charge on any atom is -0.339 e. The molecular formula is C7H21O2PSi2. The van der Waals surface area contributed by atoms with Crippen LogP contribution in [0.4, 0.5) is 0 Å². The Balaban J connectivity index is 5.11. The zero-order valence-corrected chi connectivity index (χ0v) is 12.2. The van der Waals surface area contributed by atoms with Gasteiger partial charge < -0.3 is 9.09 Å². The van der Waals surface area contributed by atoms with E-state index >= 15 is 0 Å². The molecule has 0 aromatic heterocycles. The van der Waals surface area contributed by atoms with Gasteiger partial charge in [-0.1, -0.05) is 39.3 Å². The molecule has 0 saturated carbocycles. The van der Waals surface area contributed by atoms with E-state index in [2.05, 4.69) is 39.3 Å². The average molecular weight is 224 g/mol. The normalized spacial score (nSPS) is 14.9. The molecule has 0 aliphatic carbocycles. The third-order valence-corrected chi connectivity index (χ3v) is 29.8. The number of hydrogen-bond acceptors (Lipinski definition) is 2. The highest BCUT2D eigenvalue weighted by Crippen LogP contribution is 2.62. The summed E-state index contributed by atoms with van der Waals surface area (Å²) < 4.78 is 17.9. The number of hydrogen-bond donors (Lipinski definition) is 0. The summed E-state index contributed by atoms with van der Waals surface area (Å²) in [5.41, 5.74) is 0. The molecule has 5 heteroatoms. The van der Waals surface area contributed by atoms with Crippen molar-refractivity contribution in [2.75, 3.05) is 7.11 Å². The monoisotopic (exact) mass is 224 g/mol. The van der Waals surface area contributed by atoms with Gasteiger partial charge in [0.1, 0.15) is 15.5 Å². The maximum Gasteiger partial charge on any atom is 0.154 e. The number of rotatable bonds is 3. The third-order valence-electron chi connectivity index (χ3n) is 2.02. The fourth-order valence-corrected chi connectivity index (χ4v) is 32.1. The lowest BCUT2D eigenvalue weighted by molar-refractivity contribution is 0.417. The van der Waals surface area contributed by atoms with Crippen molar-refractivity contribution in [3.05, 3.63) is 0 Å². The van der Waals surface area contributed by atoms with E-state index in [1.54, 1.807) is 7.11 Å². The van der Waals surface area contributed by atoms with Crippen LogP contribution < -0.4 is 0 Å². The first-order valence-electron chi connectivity index (χ1n) is 4.22. The van der Waals surface area contributed by atoms with Crippen LogP contribution in [-0.4, -0.2) is 22.6 Å². The van der Waals surface area contributed by atoms with Gasteiger partial charge in [0.25, 0.3) is 0 Å². The molecule has 0 unspecified atom stereocenters. The van der Waals surface area contributed by atoms with Crippen LogP contribution in [0.25, 0.3) is 0 Å². The van der Waals surface area contributed by atoms with E-state index in [1.807, 2.05) is 0 Å². The van der Waals surface area contributed by atoms with Crippen LogP contribution in [0.2, 0.25) is 39.3 Å². The molecule has 0 radical (unpaired) electrons. The van der Waals surface area contributed by atoms with Crippen molar-refractivity contribution in [2.45, 2.75) is 39.3 Å². The quantitative estimate of drug-likeness (QED) is 0.541. The summed E-state index contributed by atoms with van der Waals surface area (Å²) in [6.45, 7) is 10.5. The Morgan fingerprint density at radius 1 is 0.917 bits per heavy atom. The maximum atomic E-state index is 12.5. The topological polar surface area (TPSA) is 26.3 Å². The van der Waals surface area contributed by atoms with Crippen molar-refractivity contribution in [1.29, 1.82) is 0 Å². The van der Waals surface area contributed by atoms with Crippen LogP contribution in [0.3, 0.4) is 0 Å². The molecule has 0 N–H and O–H groups in total. The van der Waals surface area contributed by atoms with Crippen LogP contribution in [0.5, 0.6) is 0 Å². The zero-order valence-electron chi connectivity index (χ0n) is 9.26. The maximum absolute atomic E-state index is 12.5. The minimum absolute atomic E-state index is 1.61. The Hall–Kier alpha value is 0.624. The van der Waals surface area contributed by atoms with E-state index in [-0.39, 0.29) is 0 Å².